The number of carbonyl (C=O) groups excluding carboxylic acids is 2. The lowest BCUT2D eigenvalue weighted by Gasteiger charge is -2.29. The van der Waals surface area contributed by atoms with E-state index in [1.807, 2.05) is 6.07 Å². The third kappa shape index (κ3) is 2.79. The molecule has 0 aromatic heterocycles. The van der Waals surface area contributed by atoms with Crippen molar-refractivity contribution in [2.75, 3.05) is 0 Å². The van der Waals surface area contributed by atoms with E-state index in [2.05, 4.69) is 15.9 Å². The van der Waals surface area contributed by atoms with Crippen molar-refractivity contribution in [3.8, 4) is 0 Å². The molecule has 1 aromatic rings. The summed E-state index contributed by atoms with van der Waals surface area (Å²) in [5, 5.41) is 0. The van der Waals surface area contributed by atoms with Crippen LogP contribution in [0.25, 0.3) is 6.08 Å². The topological polar surface area (TPSA) is 52.6 Å². The largest absolute Gasteiger partial charge is 0.419 e. The Kier molecular flexibility index (Phi) is 3.26. The molecular weight excluding hydrogens is 300 g/mol. The molecule has 1 aromatic carbocycles. The number of hydrogen-bond donors (Lipinski definition) is 0. The second-order valence-electron chi connectivity index (χ2n) is 4.29. The second kappa shape index (κ2) is 4.57. The van der Waals surface area contributed by atoms with Gasteiger partial charge < -0.3 is 9.47 Å². The number of carbonyl (C=O) groups is 2. The zero-order valence-electron chi connectivity index (χ0n) is 9.90. The molecular formula is C13H11BrO4. The van der Waals surface area contributed by atoms with Crippen molar-refractivity contribution in [1.29, 1.82) is 0 Å². The Morgan fingerprint density at radius 2 is 1.78 bits per heavy atom. The fraction of sp³-hybridized carbons (Fsp3) is 0.231. The number of halogens is 1. The van der Waals surface area contributed by atoms with Crippen molar-refractivity contribution in [3.63, 3.8) is 0 Å². The Morgan fingerprint density at radius 3 is 2.33 bits per heavy atom. The smallest absolute Gasteiger partial charge is 0.348 e. The van der Waals surface area contributed by atoms with Crippen LogP contribution in [-0.4, -0.2) is 17.7 Å². The Labute approximate surface area is 113 Å². The summed E-state index contributed by atoms with van der Waals surface area (Å²) < 4.78 is 10.9. The lowest BCUT2D eigenvalue weighted by molar-refractivity contribution is -0.222. The highest BCUT2D eigenvalue weighted by molar-refractivity contribution is 9.10. The van der Waals surface area contributed by atoms with Crippen LogP contribution in [0.15, 0.2) is 34.3 Å². The van der Waals surface area contributed by atoms with Crippen LogP contribution in [0.4, 0.5) is 0 Å². The molecule has 0 atom stereocenters. The zero-order chi connectivity index (χ0) is 13.3. The Morgan fingerprint density at radius 1 is 1.17 bits per heavy atom. The van der Waals surface area contributed by atoms with Gasteiger partial charge in [0.1, 0.15) is 5.57 Å². The predicted molar refractivity (Wildman–Crippen MR) is 68.4 cm³/mol. The van der Waals surface area contributed by atoms with Gasteiger partial charge in [-0.25, -0.2) is 9.59 Å². The molecule has 18 heavy (non-hydrogen) atoms. The van der Waals surface area contributed by atoms with Crippen LogP contribution in [0.1, 0.15) is 19.4 Å². The fourth-order valence-corrected chi connectivity index (χ4v) is 1.96. The summed E-state index contributed by atoms with van der Waals surface area (Å²) >= 11 is 3.31. The number of ether oxygens (including phenoxy) is 2. The molecule has 0 radical (unpaired) electrons. The quantitative estimate of drug-likeness (QED) is 0.454. The summed E-state index contributed by atoms with van der Waals surface area (Å²) in [7, 11) is 0. The highest BCUT2D eigenvalue weighted by atomic mass is 79.9. The average molecular weight is 311 g/mol. The van der Waals surface area contributed by atoms with Crippen molar-refractivity contribution in [1.82, 2.24) is 0 Å². The Bertz CT molecular complexity index is 524. The number of rotatable bonds is 1. The third-order valence-corrected chi connectivity index (χ3v) is 2.77. The van der Waals surface area contributed by atoms with E-state index in [-0.39, 0.29) is 5.57 Å². The van der Waals surface area contributed by atoms with E-state index >= 15 is 0 Å². The molecule has 94 valence electrons. The number of esters is 2. The van der Waals surface area contributed by atoms with Crippen LogP contribution in [0, 0.1) is 0 Å². The fourth-order valence-electron chi connectivity index (χ4n) is 1.54. The highest BCUT2D eigenvalue weighted by Gasteiger charge is 2.38. The average Bonchev–Trinajstić information content (AvgIpc) is 2.22. The SMILES string of the molecule is CC1(C)OC(=O)C(=Cc2cccc(Br)c2)C(=O)O1. The molecule has 2 rings (SSSR count). The molecule has 1 fully saturated rings. The first-order valence-corrected chi connectivity index (χ1v) is 6.11. The van der Waals surface area contributed by atoms with Gasteiger partial charge in [0.05, 0.1) is 0 Å². The Balaban J connectivity index is 2.34. The molecule has 0 amide bonds. The molecule has 0 aliphatic carbocycles. The zero-order valence-corrected chi connectivity index (χ0v) is 11.5. The predicted octanol–water partition coefficient (Wildman–Crippen LogP) is 2.67. The van der Waals surface area contributed by atoms with Gasteiger partial charge in [0.25, 0.3) is 5.79 Å². The first kappa shape index (κ1) is 12.8. The summed E-state index contributed by atoms with van der Waals surface area (Å²) in [5.74, 6) is -2.55. The van der Waals surface area contributed by atoms with Crippen LogP contribution < -0.4 is 0 Å². The molecule has 0 N–H and O–H groups in total. The standard InChI is InChI=1S/C13H11BrO4/c1-13(2)17-11(15)10(12(16)18-13)7-8-4-3-5-9(14)6-8/h3-7H,1-2H3. The number of hydrogen-bond acceptors (Lipinski definition) is 4. The normalized spacial score (nSPS) is 18.1. The molecule has 4 nitrogen and oxygen atoms in total. The molecule has 1 aliphatic heterocycles. The minimum absolute atomic E-state index is 0.104. The van der Waals surface area contributed by atoms with Crippen molar-refractivity contribution in [2.45, 2.75) is 19.6 Å². The van der Waals surface area contributed by atoms with E-state index in [0.29, 0.717) is 5.56 Å². The van der Waals surface area contributed by atoms with Gasteiger partial charge in [-0.3, -0.25) is 0 Å². The lowest BCUT2D eigenvalue weighted by atomic mass is 10.1. The maximum Gasteiger partial charge on any atom is 0.348 e. The molecule has 0 bridgehead atoms. The maximum absolute atomic E-state index is 11.7. The maximum atomic E-state index is 11.7. The van der Waals surface area contributed by atoms with Crippen LogP contribution in [0.5, 0.6) is 0 Å². The van der Waals surface area contributed by atoms with Gasteiger partial charge in [-0.15, -0.1) is 0 Å². The van der Waals surface area contributed by atoms with Gasteiger partial charge in [0.15, 0.2) is 0 Å². The van der Waals surface area contributed by atoms with Gasteiger partial charge in [-0.1, -0.05) is 28.1 Å². The van der Waals surface area contributed by atoms with Crippen molar-refractivity contribution >= 4 is 33.9 Å². The number of benzene rings is 1. The third-order valence-electron chi connectivity index (χ3n) is 2.28. The number of cyclic esters (lactones) is 2. The van der Waals surface area contributed by atoms with Gasteiger partial charge in [0.2, 0.25) is 0 Å². The summed E-state index contributed by atoms with van der Waals surface area (Å²) in [6.07, 6.45) is 1.45. The molecule has 1 aliphatic rings. The van der Waals surface area contributed by atoms with E-state index in [0.717, 1.165) is 4.47 Å². The molecule has 1 saturated heterocycles. The monoisotopic (exact) mass is 310 g/mol. The van der Waals surface area contributed by atoms with Gasteiger partial charge >= 0.3 is 11.9 Å². The molecule has 1 heterocycles. The minimum Gasteiger partial charge on any atom is -0.419 e. The summed E-state index contributed by atoms with van der Waals surface area (Å²) in [5.41, 5.74) is 0.611. The van der Waals surface area contributed by atoms with E-state index in [4.69, 9.17) is 9.47 Å². The van der Waals surface area contributed by atoms with E-state index in [9.17, 15) is 9.59 Å². The molecule has 5 heteroatoms. The first-order valence-electron chi connectivity index (χ1n) is 5.31. The molecule has 0 unspecified atom stereocenters. The van der Waals surface area contributed by atoms with Crippen molar-refractivity contribution in [3.05, 3.63) is 39.9 Å². The molecule has 0 spiro atoms. The van der Waals surface area contributed by atoms with Gasteiger partial charge in [0, 0.05) is 18.3 Å². The van der Waals surface area contributed by atoms with E-state index < -0.39 is 17.7 Å². The van der Waals surface area contributed by atoms with Crippen LogP contribution >= 0.6 is 15.9 Å². The minimum atomic E-state index is -1.21. The van der Waals surface area contributed by atoms with E-state index in [1.54, 1.807) is 18.2 Å². The summed E-state index contributed by atoms with van der Waals surface area (Å²) in [6.45, 7) is 3.03. The van der Waals surface area contributed by atoms with Gasteiger partial charge in [-0.2, -0.15) is 0 Å². The second-order valence-corrected chi connectivity index (χ2v) is 5.21. The highest BCUT2D eigenvalue weighted by Crippen LogP contribution is 2.24. The van der Waals surface area contributed by atoms with Gasteiger partial charge in [-0.05, 0) is 23.8 Å². The van der Waals surface area contributed by atoms with Crippen LogP contribution in [-0.2, 0) is 19.1 Å². The summed E-state index contributed by atoms with van der Waals surface area (Å²) in [4.78, 5) is 23.4. The summed E-state index contributed by atoms with van der Waals surface area (Å²) in [6, 6.07) is 7.22. The van der Waals surface area contributed by atoms with Crippen molar-refractivity contribution in [2.24, 2.45) is 0 Å². The van der Waals surface area contributed by atoms with Crippen LogP contribution in [0.2, 0.25) is 0 Å². The van der Waals surface area contributed by atoms with Crippen molar-refractivity contribution < 1.29 is 19.1 Å². The first-order chi connectivity index (χ1) is 8.37. The van der Waals surface area contributed by atoms with E-state index in [1.165, 1.54) is 19.9 Å². The molecule has 0 saturated carbocycles. The Hall–Kier alpha value is -1.62. The lowest BCUT2D eigenvalue weighted by Crippen LogP contribution is -2.41. The van der Waals surface area contributed by atoms with Crippen LogP contribution in [0.3, 0.4) is 0 Å².